The van der Waals surface area contributed by atoms with Crippen molar-refractivity contribution in [1.82, 2.24) is 25.1 Å². The molecule has 3 aromatic rings. The number of hydrogen-bond acceptors (Lipinski definition) is 7. The van der Waals surface area contributed by atoms with Gasteiger partial charge in [0.15, 0.2) is 0 Å². The predicted octanol–water partition coefficient (Wildman–Crippen LogP) is 2.66. The van der Waals surface area contributed by atoms with Gasteiger partial charge in [-0.3, -0.25) is 9.80 Å². The summed E-state index contributed by atoms with van der Waals surface area (Å²) in [5.74, 6) is 2.20. The van der Waals surface area contributed by atoms with Crippen molar-refractivity contribution in [1.29, 1.82) is 0 Å². The Bertz CT molecular complexity index is 864. The SMILES string of the molecule is Cc1cc(CN2CCN(Cc3nc(-c4ccccc4C)no3)CC2)no1. The summed E-state index contributed by atoms with van der Waals surface area (Å²) in [6, 6.07) is 10.1. The molecule has 0 radical (unpaired) electrons. The summed E-state index contributed by atoms with van der Waals surface area (Å²) in [4.78, 5) is 9.31. The maximum atomic E-state index is 5.46. The smallest absolute Gasteiger partial charge is 0.241 e. The van der Waals surface area contributed by atoms with Gasteiger partial charge >= 0.3 is 0 Å². The summed E-state index contributed by atoms with van der Waals surface area (Å²) in [6.07, 6.45) is 0. The van der Waals surface area contributed by atoms with Gasteiger partial charge in [-0.15, -0.1) is 0 Å². The standard InChI is InChI=1S/C19H23N5O2/c1-14-5-3-4-6-17(14)19-20-18(26-22-19)13-24-9-7-23(8-10-24)12-16-11-15(2)25-21-16/h3-6,11H,7-10,12-13H2,1-2H3. The average molecular weight is 353 g/mol. The maximum absolute atomic E-state index is 5.46. The molecule has 0 atom stereocenters. The highest BCUT2D eigenvalue weighted by Gasteiger charge is 2.20. The first-order valence-corrected chi connectivity index (χ1v) is 8.93. The molecule has 136 valence electrons. The third-order valence-corrected chi connectivity index (χ3v) is 4.74. The fourth-order valence-corrected chi connectivity index (χ4v) is 3.27. The third kappa shape index (κ3) is 3.84. The summed E-state index contributed by atoms with van der Waals surface area (Å²) in [5.41, 5.74) is 3.17. The summed E-state index contributed by atoms with van der Waals surface area (Å²) < 4.78 is 10.6. The molecule has 1 fully saturated rings. The monoisotopic (exact) mass is 353 g/mol. The van der Waals surface area contributed by atoms with E-state index in [1.165, 1.54) is 0 Å². The van der Waals surface area contributed by atoms with E-state index >= 15 is 0 Å². The Morgan fingerprint density at radius 2 is 1.65 bits per heavy atom. The summed E-state index contributed by atoms with van der Waals surface area (Å²) in [7, 11) is 0. The van der Waals surface area contributed by atoms with E-state index in [2.05, 4.69) is 38.1 Å². The van der Waals surface area contributed by atoms with Crippen molar-refractivity contribution in [3.63, 3.8) is 0 Å². The number of rotatable bonds is 5. The van der Waals surface area contributed by atoms with E-state index in [0.29, 0.717) is 18.3 Å². The van der Waals surface area contributed by atoms with Crippen LogP contribution >= 0.6 is 0 Å². The highest BCUT2D eigenvalue weighted by atomic mass is 16.5. The van der Waals surface area contributed by atoms with Crippen molar-refractivity contribution < 1.29 is 9.05 Å². The van der Waals surface area contributed by atoms with Crippen LogP contribution in [0.2, 0.25) is 0 Å². The first-order chi connectivity index (χ1) is 12.7. The maximum Gasteiger partial charge on any atom is 0.241 e. The molecule has 3 heterocycles. The minimum atomic E-state index is 0.665. The molecule has 0 saturated carbocycles. The second kappa shape index (κ2) is 7.39. The normalized spacial score (nSPS) is 16.2. The summed E-state index contributed by atoms with van der Waals surface area (Å²) in [5, 5.41) is 8.22. The first-order valence-electron chi connectivity index (χ1n) is 8.93. The van der Waals surface area contributed by atoms with Crippen LogP contribution in [0, 0.1) is 13.8 Å². The predicted molar refractivity (Wildman–Crippen MR) is 96.3 cm³/mol. The zero-order valence-corrected chi connectivity index (χ0v) is 15.2. The first kappa shape index (κ1) is 16.9. The second-order valence-electron chi connectivity index (χ2n) is 6.81. The molecular weight excluding hydrogens is 330 g/mol. The molecule has 26 heavy (non-hydrogen) atoms. The van der Waals surface area contributed by atoms with E-state index in [1.54, 1.807) is 0 Å². The largest absolute Gasteiger partial charge is 0.361 e. The van der Waals surface area contributed by atoms with Crippen LogP contribution in [0.15, 0.2) is 39.4 Å². The quantitative estimate of drug-likeness (QED) is 0.698. The Labute approximate surface area is 152 Å². The lowest BCUT2D eigenvalue weighted by Crippen LogP contribution is -2.45. The molecule has 0 amide bonds. The molecule has 2 aromatic heterocycles. The molecule has 0 aliphatic carbocycles. The van der Waals surface area contributed by atoms with E-state index in [4.69, 9.17) is 9.05 Å². The van der Waals surface area contributed by atoms with E-state index < -0.39 is 0 Å². The van der Waals surface area contributed by atoms with E-state index in [9.17, 15) is 0 Å². The Kier molecular flexibility index (Phi) is 4.81. The molecule has 7 heteroatoms. The lowest BCUT2D eigenvalue weighted by molar-refractivity contribution is 0.110. The molecule has 0 unspecified atom stereocenters. The van der Waals surface area contributed by atoms with Crippen LogP contribution in [0.4, 0.5) is 0 Å². The number of benzene rings is 1. The minimum Gasteiger partial charge on any atom is -0.361 e. The van der Waals surface area contributed by atoms with Crippen molar-refractivity contribution in [2.75, 3.05) is 26.2 Å². The molecule has 0 spiro atoms. The molecule has 1 aliphatic heterocycles. The van der Waals surface area contributed by atoms with Crippen molar-refractivity contribution in [2.24, 2.45) is 0 Å². The molecule has 4 rings (SSSR count). The Morgan fingerprint density at radius 3 is 2.35 bits per heavy atom. The Morgan fingerprint density at radius 1 is 0.923 bits per heavy atom. The fourth-order valence-electron chi connectivity index (χ4n) is 3.27. The summed E-state index contributed by atoms with van der Waals surface area (Å²) in [6.45, 7) is 9.43. The van der Waals surface area contributed by atoms with Crippen molar-refractivity contribution >= 4 is 0 Å². The van der Waals surface area contributed by atoms with Gasteiger partial charge in [-0.2, -0.15) is 4.98 Å². The van der Waals surface area contributed by atoms with E-state index in [-0.39, 0.29) is 0 Å². The van der Waals surface area contributed by atoms with Gasteiger partial charge in [-0.05, 0) is 19.4 Å². The molecule has 0 bridgehead atoms. The summed E-state index contributed by atoms with van der Waals surface area (Å²) >= 11 is 0. The highest BCUT2D eigenvalue weighted by molar-refractivity contribution is 5.58. The van der Waals surface area contributed by atoms with Gasteiger partial charge in [0.25, 0.3) is 0 Å². The Hall–Kier alpha value is -2.51. The number of hydrogen-bond donors (Lipinski definition) is 0. The van der Waals surface area contributed by atoms with Crippen molar-refractivity contribution in [3.8, 4) is 11.4 Å². The fraction of sp³-hybridized carbons (Fsp3) is 0.421. The van der Waals surface area contributed by atoms with Gasteiger partial charge in [0.1, 0.15) is 5.76 Å². The Balaban J connectivity index is 1.31. The third-order valence-electron chi connectivity index (χ3n) is 4.74. The van der Waals surface area contributed by atoms with Gasteiger partial charge in [0.2, 0.25) is 11.7 Å². The van der Waals surface area contributed by atoms with Gasteiger partial charge in [0, 0.05) is 44.4 Å². The van der Waals surface area contributed by atoms with Crippen LogP contribution in [0.5, 0.6) is 0 Å². The lowest BCUT2D eigenvalue weighted by Gasteiger charge is -2.33. The van der Waals surface area contributed by atoms with Crippen LogP contribution in [-0.4, -0.2) is 51.3 Å². The van der Waals surface area contributed by atoms with Crippen LogP contribution in [-0.2, 0) is 13.1 Å². The van der Waals surface area contributed by atoms with Gasteiger partial charge in [-0.25, -0.2) is 0 Å². The number of piperazine rings is 1. The van der Waals surface area contributed by atoms with Crippen LogP contribution in [0.3, 0.4) is 0 Å². The van der Waals surface area contributed by atoms with Gasteiger partial charge in [-0.1, -0.05) is 34.6 Å². The second-order valence-corrected chi connectivity index (χ2v) is 6.81. The molecule has 7 nitrogen and oxygen atoms in total. The van der Waals surface area contributed by atoms with Gasteiger partial charge < -0.3 is 9.05 Å². The highest BCUT2D eigenvalue weighted by Crippen LogP contribution is 2.20. The van der Waals surface area contributed by atoms with Crippen LogP contribution in [0.1, 0.15) is 22.9 Å². The van der Waals surface area contributed by atoms with Gasteiger partial charge in [0.05, 0.1) is 12.2 Å². The molecule has 1 aromatic carbocycles. The van der Waals surface area contributed by atoms with E-state index in [0.717, 1.165) is 55.3 Å². The van der Waals surface area contributed by atoms with Crippen molar-refractivity contribution in [3.05, 3.63) is 53.2 Å². The minimum absolute atomic E-state index is 0.665. The van der Waals surface area contributed by atoms with Crippen LogP contribution in [0.25, 0.3) is 11.4 Å². The lowest BCUT2D eigenvalue weighted by atomic mass is 10.1. The topological polar surface area (TPSA) is 71.4 Å². The molecule has 1 aliphatic rings. The average Bonchev–Trinajstić information content (AvgIpc) is 3.26. The number of aromatic nitrogens is 3. The molecular formula is C19H23N5O2. The zero-order chi connectivity index (χ0) is 17.9. The molecule has 1 saturated heterocycles. The molecule has 0 N–H and O–H groups in total. The van der Waals surface area contributed by atoms with Crippen molar-refractivity contribution in [2.45, 2.75) is 26.9 Å². The zero-order valence-electron chi connectivity index (χ0n) is 15.2. The number of aryl methyl sites for hydroxylation is 2. The van der Waals surface area contributed by atoms with E-state index in [1.807, 2.05) is 31.2 Å². The number of nitrogens with zero attached hydrogens (tertiary/aromatic N) is 5. The van der Waals surface area contributed by atoms with Crippen LogP contribution < -0.4 is 0 Å².